The number of hydrogen-bond donors (Lipinski definition) is 3. The average Bonchev–Trinajstić information content (AvgIpc) is 3.75. The summed E-state index contributed by atoms with van der Waals surface area (Å²) in [5.41, 5.74) is 8.08. The van der Waals surface area contributed by atoms with E-state index in [1.54, 1.807) is 42.9 Å². The zero-order valence-electron chi connectivity index (χ0n) is 31.8. The van der Waals surface area contributed by atoms with Crippen LogP contribution in [0.15, 0.2) is 162 Å². The van der Waals surface area contributed by atoms with Crippen molar-refractivity contribution in [2.75, 3.05) is 16.4 Å². The molecule has 0 saturated heterocycles. The molecule has 0 bridgehead atoms. The summed E-state index contributed by atoms with van der Waals surface area (Å²) in [6, 6.07) is 42.8. The molecule has 2 amide bonds. The van der Waals surface area contributed by atoms with E-state index in [1.165, 1.54) is 22.8 Å². The lowest BCUT2D eigenvalue weighted by Gasteiger charge is -2.37. The van der Waals surface area contributed by atoms with Gasteiger partial charge in [0.1, 0.15) is 28.6 Å². The van der Waals surface area contributed by atoms with E-state index >= 15 is 0 Å². The fourth-order valence-corrected chi connectivity index (χ4v) is 7.18. The molecule has 7 aromatic rings. The van der Waals surface area contributed by atoms with Crippen molar-refractivity contribution in [3.63, 3.8) is 0 Å². The van der Waals surface area contributed by atoms with Crippen molar-refractivity contribution in [3.05, 3.63) is 212 Å². The van der Waals surface area contributed by atoms with Crippen LogP contribution in [0.25, 0.3) is 0 Å². The third-order valence-corrected chi connectivity index (χ3v) is 10.1. The van der Waals surface area contributed by atoms with Crippen molar-refractivity contribution < 1.29 is 14.0 Å². The summed E-state index contributed by atoms with van der Waals surface area (Å²) in [6.45, 7) is 1.82. The highest BCUT2D eigenvalue weighted by atomic mass is 19.1. The molecule has 7 rings (SSSR count). The molecule has 2 heterocycles. The molecule has 0 unspecified atom stereocenters. The number of benzene rings is 5. The first-order valence-corrected chi connectivity index (χ1v) is 19.0. The van der Waals surface area contributed by atoms with Crippen LogP contribution in [0.4, 0.5) is 21.6 Å². The van der Waals surface area contributed by atoms with Gasteiger partial charge >= 0.3 is 5.69 Å². The number of halogens is 1. The zero-order chi connectivity index (χ0) is 40.6. The molecule has 0 aliphatic carbocycles. The molecule has 0 atom stereocenters. The Bertz CT molecular complexity index is 2560. The molecule has 5 aromatic carbocycles. The highest BCUT2D eigenvalue weighted by molar-refractivity contribution is 6.02. The van der Waals surface area contributed by atoms with Crippen molar-refractivity contribution in [3.8, 4) is 0 Å². The Morgan fingerprint density at radius 2 is 1.31 bits per heavy atom. The number of amides is 2. The van der Waals surface area contributed by atoms with E-state index in [2.05, 4.69) is 52.0 Å². The topological polar surface area (TPSA) is 146 Å². The van der Waals surface area contributed by atoms with Crippen molar-refractivity contribution in [1.29, 1.82) is 0 Å². The van der Waals surface area contributed by atoms with Gasteiger partial charge in [0.25, 0.3) is 11.5 Å². The maximum Gasteiger partial charge on any atom is 0.332 e. The Hall–Kier alpha value is -7.34. The first-order valence-electron chi connectivity index (χ1n) is 19.0. The number of unbranched alkanes of at least 4 members (excludes halogenated alkanes) is 1. The van der Waals surface area contributed by atoms with Gasteiger partial charge in [-0.25, -0.2) is 14.2 Å². The number of nitrogens with two attached hydrogens (primary N) is 1. The van der Waals surface area contributed by atoms with Crippen molar-refractivity contribution in [2.45, 2.75) is 44.8 Å². The Morgan fingerprint density at radius 1 is 0.741 bits per heavy atom. The van der Waals surface area contributed by atoms with E-state index in [9.17, 15) is 23.6 Å². The molecule has 0 saturated carbocycles. The number of hydrogen-bond acceptors (Lipinski definition) is 6. The molecule has 11 nitrogen and oxygen atoms in total. The van der Waals surface area contributed by atoms with Crippen LogP contribution in [-0.2, 0) is 29.8 Å². The predicted octanol–water partition coefficient (Wildman–Crippen LogP) is 7.05. The van der Waals surface area contributed by atoms with Gasteiger partial charge in [-0.05, 0) is 46.9 Å². The van der Waals surface area contributed by atoms with Crippen LogP contribution in [-0.4, -0.2) is 30.5 Å². The van der Waals surface area contributed by atoms with Crippen LogP contribution in [0.5, 0.6) is 0 Å². The van der Waals surface area contributed by atoms with E-state index in [4.69, 9.17) is 5.73 Å². The minimum Gasteiger partial charge on any atom is -0.383 e. The van der Waals surface area contributed by atoms with Crippen LogP contribution in [0.1, 0.15) is 58.1 Å². The maximum atomic E-state index is 14.5. The monoisotopic (exact) mass is 775 g/mol. The number of imidazole rings is 1. The molecule has 0 aliphatic heterocycles. The number of nitrogen functional groups attached to an aromatic ring is 1. The van der Waals surface area contributed by atoms with Crippen LogP contribution in [0, 0.1) is 5.82 Å². The molecule has 292 valence electrons. The highest BCUT2D eigenvalue weighted by Gasteiger charge is 2.38. The fraction of sp³-hybridized carbons (Fsp3) is 0.152. The second kappa shape index (κ2) is 17.2. The zero-order valence-corrected chi connectivity index (χ0v) is 31.8. The number of nitrogens with zero attached hydrogens (tertiary/aromatic N) is 4. The highest BCUT2D eigenvalue weighted by Crippen LogP contribution is 2.40. The Kier molecular flexibility index (Phi) is 11.5. The number of aromatic nitrogens is 4. The first kappa shape index (κ1) is 38.9. The van der Waals surface area contributed by atoms with E-state index in [0.717, 1.165) is 27.7 Å². The van der Waals surface area contributed by atoms with Crippen molar-refractivity contribution >= 4 is 29.0 Å². The van der Waals surface area contributed by atoms with Gasteiger partial charge in [0.2, 0.25) is 5.91 Å². The minimum atomic E-state index is -0.832. The van der Waals surface area contributed by atoms with Gasteiger partial charge in [-0.3, -0.25) is 23.5 Å². The van der Waals surface area contributed by atoms with E-state index in [-0.39, 0.29) is 42.3 Å². The summed E-state index contributed by atoms with van der Waals surface area (Å²) < 4.78 is 18.6. The van der Waals surface area contributed by atoms with E-state index in [0.29, 0.717) is 17.7 Å². The van der Waals surface area contributed by atoms with Gasteiger partial charge in [0, 0.05) is 24.0 Å². The molecule has 12 heteroatoms. The second-order valence-corrected chi connectivity index (χ2v) is 13.9. The van der Waals surface area contributed by atoms with Crippen LogP contribution < -0.4 is 27.6 Å². The largest absolute Gasteiger partial charge is 0.383 e. The van der Waals surface area contributed by atoms with Gasteiger partial charge in [-0.1, -0.05) is 135 Å². The summed E-state index contributed by atoms with van der Waals surface area (Å²) in [4.78, 5) is 58.4. The maximum absolute atomic E-state index is 14.5. The summed E-state index contributed by atoms with van der Waals surface area (Å²) in [6.07, 6.45) is 4.61. The molecule has 58 heavy (non-hydrogen) atoms. The first-order chi connectivity index (χ1) is 28.2. The summed E-state index contributed by atoms with van der Waals surface area (Å²) >= 11 is 0. The molecule has 2 aromatic heterocycles. The number of nitrogens with one attached hydrogen (secondary N) is 2. The predicted molar refractivity (Wildman–Crippen MR) is 223 cm³/mol. The summed E-state index contributed by atoms with van der Waals surface area (Å²) in [5, 5.41) is 5.50. The normalized spacial score (nSPS) is 11.3. The Morgan fingerprint density at radius 3 is 1.88 bits per heavy atom. The van der Waals surface area contributed by atoms with Gasteiger partial charge < -0.3 is 20.9 Å². The number of carbonyl (C=O) groups excluding carboxylic acids is 2. The SMILES string of the molecule is CCCCn1c(N)c(NC(=O)Cc2ccc(NC(=O)c3cn(C(c4ccccc4)(c4ccccc4)c4ccccc4)cn3)cc2)c(=O)n(Cc2ccccc2F)c1=O. The number of rotatable bonds is 14. The lowest BCUT2D eigenvalue weighted by Crippen LogP contribution is -2.43. The minimum absolute atomic E-state index is 0.139. The molecule has 0 radical (unpaired) electrons. The third-order valence-electron chi connectivity index (χ3n) is 10.1. The molecule has 4 N–H and O–H groups in total. The Balaban J connectivity index is 1.10. The second-order valence-electron chi connectivity index (χ2n) is 13.9. The van der Waals surface area contributed by atoms with Gasteiger partial charge in [0.15, 0.2) is 0 Å². The number of carbonyl (C=O) groups is 2. The van der Waals surface area contributed by atoms with Crippen LogP contribution in [0.3, 0.4) is 0 Å². The molecular formula is C46H42FN7O4. The molecule has 0 fully saturated rings. The van der Waals surface area contributed by atoms with Gasteiger partial charge in [-0.15, -0.1) is 0 Å². The molecule has 0 aliphatic rings. The fourth-order valence-electron chi connectivity index (χ4n) is 7.18. The van der Waals surface area contributed by atoms with Gasteiger partial charge in [0.05, 0.1) is 19.3 Å². The molecular weight excluding hydrogens is 734 g/mol. The van der Waals surface area contributed by atoms with Crippen molar-refractivity contribution in [2.24, 2.45) is 0 Å². The van der Waals surface area contributed by atoms with E-state index < -0.39 is 34.4 Å². The van der Waals surface area contributed by atoms with Crippen LogP contribution >= 0.6 is 0 Å². The lowest BCUT2D eigenvalue weighted by atomic mass is 9.77. The quantitative estimate of drug-likeness (QED) is 0.101. The lowest BCUT2D eigenvalue weighted by molar-refractivity contribution is -0.115. The third kappa shape index (κ3) is 7.85. The molecule has 0 spiro atoms. The van der Waals surface area contributed by atoms with Crippen molar-refractivity contribution in [1.82, 2.24) is 18.7 Å². The Labute approximate surface area is 334 Å². The summed E-state index contributed by atoms with van der Waals surface area (Å²) in [7, 11) is 0. The van der Waals surface area contributed by atoms with Gasteiger partial charge in [-0.2, -0.15) is 0 Å². The average molecular weight is 776 g/mol. The standard InChI is InChI=1S/C46H42FN7O4/c1-2-3-27-53-42(48)41(44(57)54(45(53)58)29-33-15-13-14-22-38(33)47)51-40(55)28-32-23-25-37(26-24-32)50-43(56)39-30-52(31-49-39)46(34-16-7-4-8-17-34,35-18-9-5-10-19-35)36-20-11-6-12-21-36/h4-26,30-31H,2-3,27-29,48H2,1H3,(H,50,56)(H,51,55). The summed E-state index contributed by atoms with van der Waals surface area (Å²) in [5.74, 6) is -1.71. The van der Waals surface area contributed by atoms with Crippen LogP contribution in [0.2, 0.25) is 0 Å². The number of anilines is 3. The smallest absolute Gasteiger partial charge is 0.332 e. The van der Waals surface area contributed by atoms with E-state index in [1.807, 2.05) is 66.1 Å².